The number of nitrogens with one attached hydrogen (secondary N) is 1. The maximum atomic E-state index is 12.4. The summed E-state index contributed by atoms with van der Waals surface area (Å²) >= 11 is 0. The van der Waals surface area contributed by atoms with Gasteiger partial charge in [0.15, 0.2) is 0 Å². The summed E-state index contributed by atoms with van der Waals surface area (Å²) in [5.74, 6) is 1.19. The molecule has 1 N–H and O–H groups in total. The van der Waals surface area contributed by atoms with E-state index in [1.165, 1.54) is 0 Å². The van der Waals surface area contributed by atoms with Crippen LogP contribution in [0.3, 0.4) is 0 Å². The number of carbonyl (C=O) groups is 2. The second kappa shape index (κ2) is 10.4. The van der Waals surface area contributed by atoms with E-state index in [0.29, 0.717) is 26.1 Å². The summed E-state index contributed by atoms with van der Waals surface area (Å²) in [5, 5.41) is 3.09. The van der Waals surface area contributed by atoms with Crippen molar-refractivity contribution in [3.05, 3.63) is 18.5 Å². The average molecular weight is 389 g/mol. The number of piperidine rings is 1. The Morgan fingerprint density at radius 3 is 2.39 bits per heavy atom. The minimum absolute atomic E-state index is 0.0396. The Balaban J connectivity index is 1.30. The highest BCUT2D eigenvalue weighted by molar-refractivity contribution is 5.80. The standard InChI is InChI=1S/C20H32N6O2/c1-2-4-18(27)25-10-5-17(6-11-25)19(28)21-9-12-24-13-15-26(16-14-24)20-22-7-3-8-23-20/h3,7-8,17H,2,4-6,9-16H2,1H3,(H,21,28). The number of piperazine rings is 1. The van der Waals surface area contributed by atoms with E-state index in [0.717, 1.165) is 57.9 Å². The Morgan fingerprint density at radius 1 is 1.07 bits per heavy atom. The van der Waals surface area contributed by atoms with Crippen LogP contribution in [0, 0.1) is 5.92 Å². The largest absolute Gasteiger partial charge is 0.355 e. The van der Waals surface area contributed by atoms with Crippen molar-refractivity contribution in [2.24, 2.45) is 5.92 Å². The van der Waals surface area contributed by atoms with Crippen molar-refractivity contribution >= 4 is 17.8 Å². The van der Waals surface area contributed by atoms with E-state index in [1.807, 2.05) is 17.9 Å². The van der Waals surface area contributed by atoms with Crippen molar-refractivity contribution in [1.82, 2.24) is 25.1 Å². The summed E-state index contributed by atoms with van der Waals surface area (Å²) in [6, 6.07) is 1.83. The van der Waals surface area contributed by atoms with Gasteiger partial charge in [-0.15, -0.1) is 0 Å². The summed E-state index contributed by atoms with van der Waals surface area (Å²) in [5.41, 5.74) is 0. The van der Waals surface area contributed by atoms with Gasteiger partial charge < -0.3 is 15.1 Å². The van der Waals surface area contributed by atoms with Crippen molar-refractivity contribution in [3.8, 4) is 0 Å². The highest BCUT2D eigenvalue weighted by Gasteiger charge is 2.27. The molecule has 28 heavy (non-hydrogen) atoms. The van der Waals surface area contributed by atoms with Gasteiger partial charge in [0.2, 0.25) is 17.8 Å². The van der Waals surface area contributed by atoms with Crippen LogP contribution in [0.4, 0.5) is 5.95 Å². The fourth-order valence-corrected chi connectivity index (χ4v) is 3.87. The number of carbonyl (C=O) groups excluding carboxylic acids is 2. The van der Waals surface area contributed by atoms with Gasteiger partial charge in [-0.25, -0.2) is 9.97 Å². The molecule has 0 unspecified atom stereocenters. The summed E-state index contributed by atoms with van der Waals surface area (Å²) in [6.07, 6.45) is 6.59. The molecule has 154 valence electrons. The van der Waals surface area contributed by atoms with Crippen LogP contribution in [0.25, 0.3) is 0 Å². The molecule has 2 fully saturated rings. The lowest BCUT2D eigenvalue weighted by molar-refractivity contribution is -0.135. The summed E-state index contributed by atoms with van der Waals surface area (Å²) in [6.45, 7) is 8.69. The molecule has 0 bridgehead atoms. The summed E-state index contributed by atoms with van der Waals surface area (Å²) in [7, 11) is 0. The van der Waals surface area contributed by atoms with Crippen molar-refractivity contribution in [2.75, 3.05) is 57.3 Å². The second-order valence-electron chi connectivity index (χ2n) is 7.57. The van der Waals surface area contributed by atoms with Gasteiger partial charge >= 0.3 is 0 Å². The predicted molar refractivity (Wildman–Crippen MR) is 108 cm³/mol. The molecule has 0 spiro atoms. The van der Waals surface area contributed by atoms with Gasteiger partial charge in [-0.05, 0) is 25.3 Å². The lowest BCUT2D eigenvalue weighted by Gasteiger charge is -2.35. The predicted octanol–water partition coefficient (Wildman–Crippen LogP) is 0.754. The maximum Gasteiger partial charge on any atom is 0.225 e. The molecule has 3 rings (SSSR count). The van der Waals surface area contributed by atoms with E-state index in [2.05, 4.69) is 25.1 Å². The minimum atomic E-state index is 0.0396. The number of hydrogen-bond donors (Lipinski definition) is 1. The third-order valence-electron chi connectivity index (χ3n) is 5.62. The van der Waals surface area contributed by atoms with Gasteiger partial charge in [0.1, 0.15) is 0 Å². The molecule has 8 nitrogen and oxygen atoms in total. The van der Waals surface area contributed by atoms with E-state index in [9.17, 15) is 9.59 Å². The Labute approximate surface area is 167 Å². The zero-order valence-electron chi connectivity index (χ0n) is 16.8. The van der Waals surface area contributed by atoms with Crippen LogP contribution >= 0.6 is 0 Å². The van der Waals surface area contributed by atoms with Gasteiger partial charge in [-0.1, -0.05) is 6.92 Å². The Kier molecular flexibility index (Phi) is 7.59. The van der Waals surface area contributed by atoms with Crippen LogP contribution < -0.4 is 10.2 Å². The molecular weight excluding hydrogens is 356 g/mol. The van der Waals surface area contributed by atoms with Crippen LogP contribution in [0.5, 0.6) is 0 Å². The third kappa shape index (κ3) is 5.64. The molecule has 8 heteroatoms. The number of anilines is 1. The van der Waals surface area contributed by atoms with Crippen molar-refractivity contribution in [3.63, 3.8) is 0 Å². The molecule has 0 aromatic carbocycles. The van der Waals surface area contributed by atoms with Crippen molar-refractivity contribution in [2.45, 2.75) is 32.6 Å². The second-order valence-corrected chi connectivity index (χ2v) is 7.57. The van der Waals surface area contributed by atoms with Crippen LogP contribution in [-0.4, -0.2) is 83.9 Å². The molecule has 2 saturated heterocycles. The van der Waals surface area contributed by atoms with E-state index in [1.54, 1.807) is 12.4 Å². The molecule has 0 radical (unpaired) electrons. The number of rotatable bonds is 7. The van der Waals surface area contributed by atoms with Crippen molar-refractivity contribution in [1.29, 1.82) is 0 Å². The Bertz CT molecular complexity index is 625. The van der Waals surface area contributed by atoms with Gasteiger partial charge in [-0.3, -0.25) is 14.5 Å². The SMILES string of the molecule is CCCC(=O)N1CCC(C(=O)NCCN2CCN(c3ncccn3)CC2)CC1. The van der Waals surface area contributed by atoms with E-state index >= 15 is 0 Å². The molecule has 0 saturated carbocycles. The number of likely N-dealkylation sites (tertiary alicyclic amines) is 1. The van der Waals surface area contributed by atoms with Crippen LogP contribution in [0.1, 0.15) is 32.6 Å². The first-order valence-corrected chi connectivity index (χ1v) is 10.5. The molecule has 1 aromatic rings. The highest BCUT2D eigenvalue weighted by atomic mass is 16.2. The summed E-state index contributed by atoms with van der Waals surface area (Å²) in [4.78, 5) is 39.4. The summed E-state index contributed by atoms with van der Waals surface area (Å²) < 4.78 is 0. The molecule has 3 heterocycles. The fourth-order valence-electron chi connectivity index (χ4n) is 3.87. The third-order valence-corrected chi connectivity index (χ3v) is 5.62. The first-order valence-electron chi connectivity index (χ1n) is 10.5. The smallest absolute Gasteiger partial charge is 0.225 e. The number of aromatic nitrogens is 2. The van der Waals surface area contributed by atoms with Gasteiger partial charge in [0, 0.05) is 77.1 Å². The first-order chi connectivity index (χ1) is 13.7. The quantitative estimate of drug-likeness (QED) is 0.743. The highest BCUT2D eigenvalue weighted by Crippen LogP contribution is 2.18. The van der Waals surface area contributed by atoms with E-state index in [4.69, 9.17) is 0 Å². The lowest BCUT2D eigenvalue weighted by atomic mass is 9.95. The number of amides is 2. The van der Waals surface area contributed by atoms with E-state index in [-0.39, 0.29) is 17.7 Å². The molecule has 0 atom stereocenters. The molecule has 2 aliphatic heterocycles. The molecule has 1 aromatic heterocycles. The Hall–Kier alpha value is -2.22. The maximum absolute atomic E-state index is 12.4. The van der Waals surface area contributed by atoms with Crippen LogP contribution in [-0.2, 0) is 9.59 Å². The normalized spacial score (nSPS) is 18.9. The van der Waals surface area contributed by atoms with E-state index < -0.39 is 0 Å². The van der Waals surface area contributed by atoms with Gasteiger partial charge in [-0.2, -0.15) is 0 Å². The number of nitrogens with zero attached hydrogens (tertiary/aromatic N) is 5. The number of hydrogen-bond acceptors (Lipinski definition) is 6. The fraction of sp³-hybridized carbons (Fsp3) is 0.700. The zero-order chi connectivity index (χ0) is 19.8. The van der Waals surface area contributed by atoms with Crippen LogP contribution in [0.15, 0.2) is 18.5 Å². The van der Waals surface area contributed by atoms with Crippen LogP contribution in [0.2, 0.25) is 0 Å². The molecular formula is C20H32N6O2. The Morgan fingerprint density at radius 2 is 1.75 bits per heavy atom. The minimum Gasteiger partial charge on any atom is -0.355 e. The monoisotopic (exact) mass is 388 g/mol. The molecule has 2 amide bonds. The van der Waals surface area contributed by atoms with Gasteiger partial charge in [0.05, 0.1) is 0 Å². The molecule has 2 aliphatic rings. The van der Waals surface area contributed by atoms with Crippen molar-refractivity contribution < 1.29 is 9.59 Å². The van der Waals surface area contributed by atoms with Gasteiger partial charge in [0.25, 0.3) is 0 Å². The zero-order valence-corrected chi connectivity index (χ0v) is 16.8. The first kappa shape index (κ1) is 20.5. The lowest BCUT2D eigenvalue weighted by Crippen LogP contribution is -2.49. The molecule has 0 aliphatic carbocycles. The average Bonchev–Trinajstić information content (AvgIpc) is 2.75. The topological polar surface area (TPSA) is 81.7 Å².